The number of nitriles is 1. The Morgan fingerprint density at radius 3 is 2.52 bits per heavy atom. The smallest absolute Gasteiger partial charge is 0.246 e. The minimum Gasteiger partial charge on any atom is -0.369 e. The molecule has 0 saturated heterocycles. The van der Waals surface area contributed by atoms with E-state index in [0.29, 0.717) is 55.4 Å². The molecule has 0 unspecified atom stereocenters. The molecule has 2 amide bonds. The monoisotopic (exact) mass is 572 g/mol. The molecule has 0 saturated carbocycles. The highest BCUT2D eigenvalue weighted by atomic mass is 16.2. The van der Waals surface area contributed by atoms with Gasteiger partial charge < -0.3 is 25.8 Å². The van der Waals surface area contributed by atoms with Gasteiger partial charge >= 0.3 is 0 Å². The number of hydrogen-bond acceptors (Lipinski definition) is 8. The molecule has 1 aromatic heterocycles. The van der Waals surface area contributed by atoms with Gasteiger partial charge in [0.2, 0.25) is 17.8 Å². The topological polar surface area (TPSA) is 126 Å². The van der Waals surface area contributed by atoms with E-state index in [1.54, 1.807) is 41.4 Å². The van der Waals surface area contributed by atoms with Gasteiger partial charge in [-0.25, -0.2) is 4.98 Å². The molecule has 10 heteroatoms. The number of aromatic nitrogens is 2. The second-order valence-corrected chi connectivity index (χ2v) is 10.1. The van der Waals surface area contributed by atoms with Crippen molar-refractivity contribution in [2.75, 3.05) is 57.5 Å². The summed E-state index contributed by atoms with van der Waals surface area (Å²) in [7, 11) is 3.88. The van der Waals surface area contributed by atoms with E-state index in [9.17, 15) is 9.59 Å². The van der Waals surface area contributed by atoms with Gasteiger partial charge in [-0.15, -0.1) is 0 Å². The second kappa shape index (κ2) is 19.6. The Labute approximate surface area is 250 Å². The number of carbonyl (C=O) groups excluding carboxylic acids is 2. The average Bonchev–Trinajstić information content (AvgIpc) is 2.98. The third-order valence-electron chi connectivity index (χ3n) is 6.03. The van der Waals surface area contributed by atoms with Crippen LogP contribution in [0, 0.1) is 23.2 Å². The van der Waals surface area contributed by atoms with Crippen LogP contribution in [0.4, 0.5) is 17.5 Å². The van der Waals surface area contributed by atoms with Gasteiger partial charge in [0.25, 0.3) is 0 Å². The highest BCUT2D eigenvalue weighted by molar-refractivity contribution is 5.91. The van der Waals surface area contributed by atoms with E-state index in [0.717, 1.165) is 37.9 Å². The lowest BCUT2D eigenvalue weighted by molar-refractivity contribution is -0.132. The maximum atomic E-state index is 12.6. The number of nitrogens with zero attached hydrogens (tertiary/aromatic N) is 5. The van der Waals surface area contributed by atoms with Crippen LogP contribution in [0.3, 0.4) is 0 Å². The van der Waals surface area contributed by atoms with Crippen LogP contribution in [0.15, 0.2) is 42.6 Å². The van der Waals surface area contributed by atoms with Crippen LogP contribution in [-0.2, 0) is 9.59 Å². The van der Waals surface area contributed by atoms with Crippen molar-refractivity contribution in [2.24, 2.45) is 0 Å². The van der Waals surface area contributed by atoms with Crippen molar-refractivity contribution in [2.45, 2.75) is 52.4 Å². The molecule has 0 fully saturated rings. The minimum atomic E-state index is -0.168. The molecule has 0 spiro atoms. The number of rotatable bonds is 17. The lowest BCUT2D eigenvalue weighted by atomic mass is 10.2. The first kappa shape index (κ1) is 33.8. The zero-order valence-corrected chi connectivity index (χ0v) is 25.4. The molecule has 0 atom stereocenters. The molecule has 2 aromatic rings. The molecule has 10 nitrogen and oxygen atoms in total. The fourth-order valence-electron chi connectivity index (χ4n) is 3.75. The van der Waals surface area contributed by atoms with Crippen molar-refractivity contribution < 1.29 is 9.59 Å². The van der Waals surface area contributed by atoms with Crippen molar-refractivity contribution >= 4 is 29.3 Å². The normalized spacial score (nSPS) is 10.6. The zero-order chi connectivity index (χ0) is 30.6. The predicted molar refractivity (Wildman–Crippen MR) is 168 cm³/mol. The van der Waals surface area contributed by atoms with Gasteiger partial charge in [-0.1, -0.05) is 44.6 Å². The van der Waals surface area contributed by atoms with Gasteiger partial charge in [-0.3, -0.25) is 9.59 Å². The van der Waals surface area contributed by atoms with Crippen LogP contribution in [0.5, 0.6) is 0 Å². The number of hydrogen-bond donors (Lipinski definition) is 3. The first-order valence-corrected chi connectivity index (χ1v) is 14.6. The SMILES string of the molecule is CCCCCN(CC(=O)NCCCC#Cc1cnc(Nc2ccc(C#N)cc2)nc1NCCC)C(=O)C=CCN(C)C. The second-order valence-electron chi connectivity index (χ2n) is 10.1. The molecule has 3 N–H and O–H groups in total. The maximum absolute atomic E-state index is 12.6. The minimum absolute atomic E-state index is 0.0488. The summed E-state index contributed by atoms with van der Waals surface area (Å²) in [6.07, 6.45) is 10.2. The summed E-state index contributed by atoms with van der Waals surface area (Å²) in [5.41, 5.74) is 2.06. The number of unbranched alkanes of at least 4 members (excludes halogenated alkanes) is 3. The standard InChI is InChI=1S/C32H44N8O2/c1-5-7-11-22-40(30(42)14-12-21-39(3)4)25-29(41)34-20-10-8-9-13-27-24-36-32(38-31(27)35-19-6-2)37-28-17-15-26(23-33)16-18-28/h12,14-18,24H,5-8,10-11,19-22,25H2,1-4H3,(H,34,41)(H2,35,36,37,38). The zero-order valence-electron chi connectivity index (χ0n) is 25.4. The molecule has 0 bridgehead atoms. The lowest BCUT2D eigenvalue weighted by Crippen LogP contribution is -2.40. The third kappa shape index (κ3) is 13.3. The summed E-state index contributed by atoms with van der Waals surface area (Å²) in [5, 5.41) is 18.3. The number of likely N-dealkylation sites (N-methyl/N-ethyl adjacent to an activating group) is 1. The van der Waals surface area contributed by atoms with E-state index in [-0.39, 0.29) is 18.4 Å². The Bertz CT molecular complexity index is 1260. The first-order chi connectivity index (χ1) is 20.4. The predicted octanol–water partition coefficient (Wildman–Crippen LogP) is 4.30. The van der Waals surface area contributed by atoms with E-state index in [2.05, 4.69) is 57.7 Å². The summed E-state index contributed by atoms with van der Waals surface area (Å²) in [6.45, 7) is 6.70. The number of carbonyl (C=O) groups is 2. The molecular formula is C32H44N8O2. The molecule has 1 heterocycles. The molecule has 0 aliphatic heterocycles. The number of anilines is 3. The van der Waals surface area contributed by atoms with Crippen LogP contribution >= 0.6 is 0 Å². The fourth-order valence-corrected chi connectivity index (χ4v) is 3.75. The Balaban J connectivity index is 1.89. The summed E-state index contributed by atoms with van der Waals surface area (Å²) in [6, 6.07) is 9.17. The van der Waals surface area contributed by atoms with Crippen LogP contribution in [0.2, 0.25) is 0 Å². The Morgan fingerprint density at radius 1 is 1.05 bits per heavy atom. The Morgan fingerprint density at radius 2 is 1.83 bits per heavy atom. The lowest BCUT2D eigenvalue weighted by Gasteiger charge is -2.21. The van der Waals surface area contributed by atoms with Gasteiger partial charge in [0.05, 0.1) is 29.9 Å². The number of nitrogens with one attached hydrogen (secondary N) is 3. The quantitative estimate of drug-likeness (QED) is 0.146. The molecule has 0 radical (unpaired) electrons. The summed E-state index contributed by atoms with van der Waals surface area (Å²) >= 11 is 0. The Kier molecular flexibility index (Phi) is 15.8. The van der Waals surface area contributed by atoms with Gasteiger partial charge in [-0.2, -0.15) is 10.2 Å². The first-order valence-electron chi connectivity index (χ1n) is 14.6. The Hall–Kier alpha value is -4.41. The van der Waals surface area contributed by atoms with Gasteiger partial charge in [0.1, 0.15) is 5.82 Å². The van der Waals surface area contributed by atoms with E-state index in [1.165, 1.54) is 0 Å². The molecular weight excluding hydrogens is 528 g/mol. The van der Waals surface area contributed by atoms with Crippen molar-refractivity contribution in [3.05, 3.63) is 53.7 Å². The fraction of sp³-hybridized carbons (Fsp3) is 0.469. The third-order valence-corrected chi connectivity index (χ3v) is 6.03. The molecule has 0 aliphatic rings. The molecule has 2 rings (SSSR count). The summed E-state index contributed by atoms with van der Waals surface area (Å²) in [5.74, 6) is 7.07. The highest BCUT2D eigenvalue weighted by Crippen LogP contribution is 2.18. The van der Waals surface area contributed by atoms with Gasteiger partial charge in [0.15, 0.2) is 0 Å². The molecule has 1 aromatic carbocycles. The van der Waals surface area contributed by atoms with E-state index in [4.69, 9.17) is 5.26 Å². The van der Waals surface area contributed by atoms with Crippen LogP contribution in [0.1, 0.15) is 63.5 Å². The summed E-state index contributed by atoms with van der Waals surface area (Å²) < 4.78 is 0. The van der Waals surface area contributed by atoms with Gasteiger partial charge in [-0.05, 0) is 57.6 Å². The largest absolute Gasteiger partial charge is 0.369 e. The number of amides is 2. The molecule has 0 aliphatic carbocycles. The van der Waals surface area contributed by atoms with Crippen LogP contribution in [0.25, 0.3) is 0 Å². The van der Waals surface area contributed by atoms with E-state index < -0.39 is 0 Å². The van der Waals surface area contributed by atoms with E-state index in [1.807, 2.05) is 25.1 Å². The van der Waals surface area contributed by atoms with E-state index >= 15 is 0 Å². The van der Waals surface area contributed by atoms with Gasteiger partial charge in [0, 0.05) is 44.4 Å². The number of benzene rings is 1. The molecule has 42 heavy (non-hydrogen) atoms. The van der Waals surface area contributed by atoms with Crippen LogP contribution in [-0.4, -0.2) is 78.4 Å². The van der Waals surface area contributed by atoms with Crippen molar-refractivity contribution in [3.63, 3.8) is 0 Å². The maximum Gasteiger partial charge on any atom is 0.246 e. The highest BCUT2D eigenvalue weighted by Gasteiger charge is 2.14. The summed E-state index contributed by atoms with van der Waals surface area (Å²) in [4.78, 5) is 37.7. The van der Waals surface area contributed by atoms with Crippen molar-refractivity contribution in [1.29, 1.82) is 5.26 Å². The van der Waals surface area contributed by atoms with Crippen molar-refractivity contribution in [1.82, 2.24) is 25.1 Å². The average molecular weight is 573 g/mol. The molecule has 224 valence electrons. The van der Waals surface area contributed by atoms with Crippen LogP contribution < -0.4 is 16.0 Å². The van der Waals surface area contributed by atoms with Crippen molar-refractivity contribution in [3.8, 4) is 17.9 Å².